The smallest absolute Gasteiger partial charge is 0.410 e. The van der Waals surface area contributed by atoms with E-state index in [2.05, 4.69) is 15.3 Å². The molecule has 0 unspecified atom stereocenters. The Morgan fingerprint density at radius 3 is 2.55 bits per heavy atom. The van der Waals surface area contributed by atoms with Gasteiger partial charge in [-0.05, 0) is 52.0 Å². The summed E-state index contributed by atoms with van der Waals surface area (Å²) in [6.45, 7) is 8.11. The zero-order valence-corrected chi connectivity index (χ0v) is 13.7. The van der Waals surface area contributed by atoms with E-state index in [1.165, 1.54) is 0 Å². The number of piperidine rings is 1. The van der Waals surface area contributed by atoms with Crippen molar-refractivity contribution in [3.8, 4) is 0 Å². The van der Waals surface area contributed by atoms with Crippen LogP contribution in [0.5, 0.6) is 0 Å². The first-order valence-corrected chi connectivity index (χ1v) is 7.93. The third-order valence-corrected chi connectivity index (χ3v) is 3.67. The molecule has 1 aromatic heterocycles. The number of carbonyl (C=O) groups excluding carboxylic acids is 1. The predicted molar refractivity (Wildman–Crippen MR) is 85.7 cm³/mol. The highest BCUT2D eigenvalue weighted by Crippen LogP contribution is 2.22. The second-order valence-electron chi connectivity index (χ2n) is 6.70. The summed E-state index contributed by atoms with van der Waals surface area (Å²) < 4.78 is 5.41. The molecule has 0 aromatic carbocycles. The molecule has 1 fully saturated rings. The average Bonchev–Trinajstić information content (AvgIpc) is 2.47. The summed E-state index contributed by atoms with van der Waals surface area (Å²) in [6.07, 6.45) is 6.39. The van der Waals surface area contributed by atoms with Crippen molar-refractivity contribution in [2.45, 2.75) is 45.6 Å². The molecule has 0 radical (unpaired) electrons. The van der Waals surface area contributed by atoms with Crippen LogP contribution in [0, 0.1) is 5.92 Å². The molecule has 1 aliphatic heterocycles. The number of nitrogens with one attached hydrogen (secondary N) is 1. The van der Waals surface area contributed by atoms with Gasteiger partial charge in [0.15, 0.2) is 0 Å². The van der Waals surface area contributed by atoms with E-state index in [1.807, 2.05) is 25.7 Å². The van der Waals surface area contributed by atoms with E-state index < -0.39 is 5.60 Å². The molecule has 2 heterocycles. The number of likely N-dealkylation sites (tertiary alicyclic amines) is 1. The summed E-state index contributed by atoms with van der Waals surface area (Å²) in [6, 6.07) is 1.80. The van der Waals surface area contributed by atoms with Gasteiger partial charge in [-0.2, -0.15) is 0 Å². The predicted octanol–water partition coefficient (Wildman–Crippen LogP) is 2.93. The Morgan fingerprint density at radius 1 is 1.32 bits per heavy atom. The van der Waals surface area contributed by atoms with E-state index in [0.29, 0.717) is 11.9 Å². The highest BCUT2D eigenvalue weighted by molar-refractivity contribution is 5.68. The molecule has 2 rings (SSSR count). The topological polar surface area (TPSA) is 67.3 Å². The van der Waals surface area contributed by atoms with Gasteiger partial charge in [-0.15, -0.1) is 0 Å². The first-order chi connectivity index (χ1) is 10.4. The van der Waals surface area contributed by atoms with Gasteiger partial charge < -0.3 is 15.0 Å². The van der Waals surface area contributed by atoms with Crippen molar-refractivity contribution in [2.75, 3.05) is 25.0 Å². The van der Waals surface area contributed by atoms with Gasteiger partial charge in [0.25, 0.3) is 0 Å². The molecule has 1 saturated heterocycles. The van der Waals surface area contributed by atoms with Gasteiger partial charge >= 0.3 is 6.09 Å². The molecule has 1 aromatic rings. The SMILES string of the molecule is CC(C)(C)OC(=O)N1CCC(CCNc2ncccn2)CC1. The van der Waals surface area contributed by atoms with Crippen LogP contribution in [0.15, 0.2) is 18.5 Å². The van der Waals surface area contributed by atoms with Gasteiger partial charge in [0.05, 0.1) is 0 Å². The molecule has 0 saturated carbocycles. The molecule has 1 N–H and O–H groups in total. The summed E-state index contributed by atoms with van der Waals surface area (Å²) in [5.74, 6) is 1.31. The van der Waals surface area contributed by atoms with E-state index in [1.54, 1.807) is 18.5 Å². The summed E-state index contributed by atoms with van der Waals surface area (Å²) in [5.41, 5.74) is -0.423. The van der Waals surface area contributed by atoms with E-state index in [0.717, 1.165) is 38.9 Å². The number of rotatable bonds is 4. The maximum Gasteiger partial charge on any atom is 0.410 e. The zero-order valence-electron chi connectivity index (χ0n) is 13.7. The van der Waals surface area contributed by atoms with Crippen LogP contribution in [-0.4, -0.2) is 46.2 Å². The lowest BCUT2D eigenvalue weighted by Crippen LogP contribution is -2.41. The van der Waals surface area contributed by atoms with Gasteiger partial charge in [-0.25, -0.2) is 14.8 Å². The molecule has 1 amide bonds. The van der Waals surface area contributed by atoms with Crippen LogP contribution in [0.25, 0.3) is 0 Å². The van der Waals surface area contributed by atoms with Crippen molar-refractivity contribution in [3.05, 3.63) is 18.5 Å². The van der Waals surface area contributed by atoms with Crippen LogP contribution >= 0.6 is 0 Å². The molecular formula is C16H26N4O2. The van der Waals surface area contributed by atoms with E-state index in [-0.39, 0.29) is 6.09 Å². The number of aromatic nitrogens is 2. The molecule has 0 bridgehead atoms. The second-order valence-corrected chi connectivity index (χ2v) is 6.70. The van der Waals surface area contributed by atoms with Crippen LogP contribution in [0.2, 0.25) is 0 Å². The Labute approximate surface area is 132 Å². The summed E-state index contributed by atoms with van der Waals surface area (Å²) in [4.78, 5) is 22.1. The van der Waals surface area contributed by atoms with E-state index in [4.69, 9.17) is 4.74 Å². The number of ether oxygens (including phenoxy) is 1. The number of anilines is 1. The van der Waals surface area contributed by atoms with Crippen LogP contribution in [0.4, 0.5) is 10.7 Å². The molecule has 6 heteroatoms. The summed E-state index contributed by atoms with van der Waals surface area (Å²) in [7, 11) is 0. The quantitative estimate of drug-likeness (QED) is 0.926. The molecule has 122 valence electrons. The number of carbonyl (C=O) groups is 1. The number of nitrogens with zero attached hydrogens (tertiary/aromatic N) is 3. The Morgan fingerprint density at radius 2 is 1.95 bits per heavy atom. The number of hydrogen-bond acceptors (Lipinski definition) is 5. The maximum absolute atomic E-state index is 12.0. The molecule has 0 spiro atoms. The second kappa shape index (κ2) is 7.42. The molecule has 0 aliphatic carbocycles. The van der Waals surface area contributed by atoms with Gasteiger partial charge in [0.1, 0.15) is 5.60 Å². The lowest BCUT2D eigenvalue weighted by Gasteiger charge is -2.33. The van der Waals surface area contributed by atoms with Crippen molar-refractivity contribution in [1.29, 1.82) is 0 Å². The van der Waals surface area contributed by atoms with Crippen molar-refractivity contribution >= 4 is 12.0 Å². The van der Waals surface area contributed by atoms with Gasteiger partial charge in [-0.3, -0.25) is 0 Å². The fraction of sp³-hybridized carbons (Fsp3) is 0.688. The Hall–Kier alpha value is -1.85. The molecule has 0 atom stereocenters. The minimum absolute atomic E-state index is 0.193. The third-order valence-electron chi connectivity index (χ3n) is 3.67. The Balaban J connectivity index is 1.66. The largest absolute Gasteiger partial charge is 0.444 e. The van der Waals surface area contributed by atoms with Crippen molar-refractivity contribution in [1.82, 2.24) is 14.9 Å². The molecule has 1 aliphatic rings. The van der Waals surface area contributed by atoms with Gasteiger partial charge in [0.2, 0.25) is 5.95 Å². The fourth-order valence-corrected chi connectivity index (χ4v) is 2.51. The average molecular weight is 306 g/mol. The first kappa shape index (κ1) is 16.5. The summed E-state index contributed by atoms with van der Waals surface area (Å²) >= 11 is 0. The fourth-order valence-electron chi connectivity index (χ4n) is 2.51. The van der Waals surface area contributed by atoms with Crippen molar-refractivity contribution in [3.63, 3.8) is 0 Å². The minimum Gasteiger partial charge on any atom is -0.444 e. The van der Waals surface area contributed by atoms with Crippen LogP contribution < -0.4 is 5.32 Å². The van der Waals surface area contributed by atoms with E-state index >= 15 is 0 Å². The normalized spacial score (nSPS) is 16.4. The Kier molecular flexibility index (Phi) is 5.57. The van der Waals surface area contributed by atoms with Crippen molar-refractivity contribution in [2.24, 2.45) is 5.92 Å². The third kappa shape index (κ3) is 5.50. The Bertz CT molecular complexity index is 465. The first-order valence-electron chi connectivity index (χ1n) is 7.93. The highest BCUT2D eigenvalue weighted by Gasteiger charge is 2.26. The highest BCUT2D eigenvalue weighted by atomic mass is 16.6. The van der Waals surface area contributed by atoms with Crippen LogP contribution in [-0.2, 0) is 4.74 Å². The standard InChI is InChI=1S/C16H26N4O2/c1-16(2,3)22-15(21)20-11-6-13(7-12-20)5-10-19-14-17-8-4-9-18-14/h4,8-9,13H,5-7,10-12H2,1-3H3,(H,17,18,19). The van der Waals surface area contributed by atoms with Crippen LogP contribution in [0.1, 0.15) is 40.0 Å². The van der Waals surface area contributed by atoms with Crippen LogP contribution in [0.3, 0.4) is 0 Å². The number of amides is 1. The van der Waals surface area contributed by atoms with E-state index in [9.17, 15) is 4.79 Å². The molecule has 22 heavy (non-hydrogen) atoms. The summed E-state index contributed by atoms with van der Waals surface area (Å²) in [5, 5.41) is 3.23. The lowest BCUT2D eigenvalue weighted by molar-refractivity contribution is 0.0182. The van der Waals surface area contributed by atoms with Crippen molar-refractivity contribution < 1.29 is 9.53 Å². The maximum atomic E-state index is 12.0. The number of hydrogen-bond donors (Lipinski definition) is 1. The minimum atomic E-state index is -0.423. The van der Waals surface area contributed by atoms with Gasteiger partial charge in [0, 0.05) is 32.0 Å². The molecule has 6 nitrogen and oxygen atoms in total. The zero-order chi connectivity index (χ0) is 16.0. The lowest BCUT2D eigenvalue weighted by atomic mass is 9.94. The monoisotopic (exact) mass is 306 g/mol. The molecular weight excluding hydrogens is 280 g/mol. The van der Waals surface area contributed by atoms with Gasteiger partial charge in [-0.1, -0.05) is 0 Å².